The first-order chi connectivity index (χ1) is 14.5. The molecule has 1 amide bonds. The summed E-state index contributed by atoms with van der Waals surface area (Å²) in [6.07, 6.45) is 6.50. The molecule has 10 heteroatoms. The van der Waals surface area contributed by atoms with Gasteiger partial charge in [-0.25, -0.2) is 13.8 Å². The zero-order valence-electron chi connectivity index (χ0n) is 15.9. The van der Waals surface area contributed by atoms with E-state index in [9.17, 15) is 18.4 Å². The minimum Gasteiger partial charge on any atom is -0.444 e. The van der Waals surface area contributed by atoms with E-state index in [1.165, 1.54) is 10.9 Å². The van der Waals surface area contributed by atoms with E-state index in [-0.39, 0.29) is 29.2 Å². The number of nitrogens with zero attached hydrogens (tertiary/aromatic N) is 4. The molecule has 3 aromatic heterocycles. The SMILES string of the molecule is O=C[C@H]1CC[C@H](n2cc(NC(=O)c3coc(-c4ccncc4)n3)c(C(F)F)n2)CC1. The molecule has 0 saturated heterocycles. The number of halogens is 2. The van der Waals surface area contributed by atoms with Crippen LogP contribution in [0.2, 0.25) is 0 Å². The number of anilines is 1. The van der Waals surface area contributed by atoms with Crippen molar-refractivity contribution in [1.29, 1.82) is 0 Å². The lowest BCUT2D eigenvalue weighted by Gasteiger charge is -2.25. The number of pyridine rings is 1. The van der Waals surface area contributed by atoms with Gasteiger partial charge in [0, 0.05) is 30.1 Å². The molecule has 1 fully saturated rings. The van der Waals surface area contributed by atoms with Gasteiger partial charge in [0.05, 0.1) is 11.7 Å². The van der Waals surface area contributed by atoms with Gasteiger partial charge in [0.1, 0.15) is 12.5 Å². The second-order valence-corrected chi connectivity index (χ2v) is 7.14. The van der Waals surface area contributed by atoms with Crippen LogP contribution in [0.5, 0.6) is 0 Å². The third-order valence-electron chi connectivity index (χ3n) is 5.19. The summed E-state index contributed by atoms with van der Waals surface area (Å²) in [5, 5.41) is 6.46. The van der Waals surface area contributed by atoms with Crippen molar-refractivity contribution in [3.63, 3.8) is 0 Å². The first-order valence-corrected chi connectivity index (χ1v) is 9.55. The Bertz CT molecular complexity index is 1030. The average molecular weight is 415 g/mol. The Morgan fingerprint density at radius 1 is 1.23 bits per heavy atom. The van der Waals surface area contributed by atoms with Crippen molar-refractivity contribution in [1.82, 2.24) is 19.7 Å². The molecule has 3 aromatic rings. The molecule has 8 nitrogen and oxygen atoms in total. The highest BCUT2D eigenvalue weighted by Gasteiger charge is 2.27. The molecule has 0 spiro atoms. The fourth-order valence-electron chi connectivity index (χ4n) is 3.54. The molecule has 0 atom stereocenters. The van der Waals surface area contributed by atoms with Crippen molar-refractivity contribution >= 4 is 17.9 Å². The van der Waals surface area contributed by atoms with Gasteiger partial charge in [-0.2, -0.15) is 5.10 Å². The summed E-state index contributed by atoms with van der Waals surface area (Å²) < 4.78 is 33.8. The Balaban J connectivity index is 1.51. The summed E-state index contributed by atoms with van der Waals surface area (Å²) in [4.78, 5) is 31.5. The number of hydrogen-bond donors (Lipinski definition) is 1. The molecule has 156 valence electrons. The van der Waals surface area contributed by atoms with Gasteiger partial charge >= 0.3 is 0 Å². The number of carbonyl (C=O) groups is 2. The van der Waals surface area contributed by atoms with Gasteiger partial charge in [-0.05, 0) is 37.8 Å². The van der Waals surface area contributed by atoms with Crippen LogP contribution in [0, 0.1) is 5.92 Å². The van der Waals surface area contributed by atoms with Gasteiger partial charge in [0.2, 0.25) is 5.89 Å². The molecule has 0 bridgehead atoms. The van der Waals surface area contributed by atoms with Crippen LogP contribution in [-0.4, -0.2) is 31.9 Å². The van der Waals surface area contributed by atoms with Crippen LogP contribution < -0.4 is 5.32 Å². The quantitative estimate of drug-likeness (QED) is 0.609. The Morgan fingerprint density at radius 2 is 1.97 bits per heavy atom. The third-order valence-corrected chi connectivity index (χ3v) is 5.19. The normalized spacial score (nSPS) is 19.0. The number of oxazole rings is 1. The fraction of sp³-hybridized carbons (Fsp3) is 0.350. The number of alkyl halides is 2. The summed E-state index contributed by atoms with van der Waals surface area (Å²) >= 11 is 0. The average Bonchev–Trinajstić information content (AvgIpc) is 3.42. The molecule has 0 aromatic carbocycles. The molecule has 3 heterocycles. The third kappa shape index (κ3) is 4.12. The Morgan fingerprint density at radius 3 is 2.63 bits per heavy atom. The standard InChI is InChI=1S/C20H19F2N5O3/c21-18(22)17-15(9-27(26-17)14-3-1-12(10-28)2-4-14)24-19(29)16-11-30-20(25-16)13-5-7-23-8-6-13/h5-12,14,18H,1-4H2,(H,24,29)/t12-,14-. The van der Waals surface area contributed by atoms with Crippen LogP contribution in [-0.2, 0) is 4.79 Å². The van der Waals surface area contributed by atoms with E-state index >= 15 is 0 Å². The van der Waals surface area contributed by atoms with E-state index in [0.717, 1.165) is 12.5 Å². The largest absolute Gasteiger partial charge is 0.444 e. The minimum atomic E-state index is -2.85. The van der Waals surface area contributed by atoms with E-state index in [1.54, 1.807) is 24.5 Å². The van der Waals surface area contributed by atoms with E-state index in [2.05, 4.69) is 20.4 Å². The minimum absolute atomic E-state index is 0.00677. The van der Waals surface area contributed by atoms with Crippen LogP contribution in [0.3, 0.4) is 0 Å². The monoisotopic (exact) mass is 415 g/mol. The van der Waals surface area contributed by atoms with E-state index < -0.39 is 18.0 Å². The molecular weight excluding hydrogens is 396 g/mol. The maximum atomic E-state index is 13.5. The zero-order valence-corrected chi connectivity index (χ0v) is 15.9. The number of nitrogens with one attached hydrogen (secondary N) is 1. The topological polar surface area (TPSA) is 103 Å². The highest BCUT2D eigenvalue weighted by atomic mass is 19.3. The molecule has 30 heavy (non-hydrogen) atoms. The van der Waals surface area contributed by atoms with Gasteiger partial charge in [-0.3, -0.25) is 14.5 Å². The summed E-state index contributed by atoms with van der Waals surface area (Å²) in [5.74, 6) is -0.447. The Labute approximate surface area is 170 Å². The maximum Gasteiger partial charge on any atom is 0.284 e. The lowest BCUT2D eigenvalue weighted by Crippen LogP contribution is -2.19. The molecule has 1 aliphatic carbocycles. The molecule has 0 radical (unpaired) electrons. The predicted molar refractivity (Wildman–Crippen MR) is 102 cm³/mol. The lowest BCUT2D eigenvalue weighted by atomic mass is 9.87. The Kier molecular flexibility index (Phi) is 5.64. The smallest absolute Gasteiger partial charge is 0.284 e. The number of aldehydes is 1. The molecular formula is C20H19F2N5O3. The number of amides is 1. The van der Waals surface area contributed by atoms with Crippen molar-refractivity contribution in [2.45, 2.75) is 38.2 Å². The number of rotatable bonds is 6. The lowest BCUT2D eigenvalue weighted by molar-refractivity contribution is -0.112. The molecule has 0 unspecified atom stereocenters. The van der Waals surface area contributed by atoms with Crippen molar-refractivity contribution in [3.05, 3.63) is 48.4 Å². The zero-order chi connectivity index (χ0) is 21.1. The van der Waals surface area contributed by atoms with Crippen molar-refractivity contribution in [2.24, 2.45) is 5.92 Å². The highest BCUT2D eigenvalue weighted by molar-refractivity contribution is 6.03. The fourth-order valence-corrected chi connectivity index (χ4v) is 3.54. The number of carbonyl (C=O) groups excluding carboxylic acids is 2. The van der Waals surface area contributed by atoms with Crippen molar-refractivity contribution in [3.8, 4) is 11.5 Å². The molecule has 4 rings (SSSR count). The van der Waals surface area contributed by atoms with E-state index in [4.69, 9.17) is 4.42 Å². The highest BCUT2D eigenvalue weighted by Crippen LogP contribution is 2.34. The van der Waals surface area contributed by atoms with Crippen LogP contribution in [0.1, 0.15) is 54.3 Å². The molecule has 1 aliphatic rings. The summed E-state index contributed by atoms with van der Waals surface area (Å²) in [5.41, 5.74) is 0.0250. The second-order valence-electron chi connectivity index (χ2n) is 7.14. The van der Waals surface area contributed by atoms with E-state index in [1.807, 2.05) is 0 Å². The maximum absolute atomic E-state index is 13.5. The summed E-state index contributed by atoms with van der Waals surface area (Å²) in [6.45, 7) is 0. The number of hydrogen-bond acceptors (Lipinski definition) is 6. The summed E-state index contributed by atoms with van der Waals surface area (Å²) in [7, 11) is 0. The van der Waals surface area contributed by atoms with Gasteiger partial charge in [0.25, 0.3) is 12.3 Å². The van der Waals surface area contributed by atoms with Crippen molar-refractivity contribution in [2.75, 3.05) is 5.32 Å². The Hall–Kier alpha value is -3.43. The van der Waals surface area contributed by atoms with Crippen LogP contribution in [0.4, 0.5) is 14.5 Å². The molecule has 1 N–H and O–H groups in total. The van der Waals surface area contributed by atoms with Gasteiger partial charge in [-0.15, -0.1) is 0 Å². The second kappa shape index (κ2) is 8.52. The van der Waals surface area contributed by atoms with E-state index in [0.29, 0.717) is 31.2 Å². The van der Waals surface area contributed by atoms with Crippen LogP contribution >= 0.6 is 0 Å². The predicted octanol–water partition coefficient (Wildman–Crippen LogP) is 4.05. The van der Waals surface area contributed by atoms with Crippen LogP contribution in [0.25, 0.3) is 11.5 Å². The van der Waals surface area contributed by atoms with Gasteiger partial charge < -0.3 is 14.5 Å². The summed E-state index contributed by atoms with van der Waals surface area (Å²) in [6, 6.07) is 3.26. The first-order valence-electron chi connectivity index (χ1n) is 9.55. The van der Waals surface area contributed by atoms with Crippen molar-refractivity contribution < 1.29 is 22.8 Å². The van der Waals surface area contributed by atoms with Crippen LogP contribution in [0.15, 0.2) is 41.4 Å². The number of aromatic nitrogens is 4. The first kappa shape index (κ1) is 19.9. The van der Waals surface area contributed by atoms with Gasteiger partial charge in [-0.1, -0.05) is 0 Å². The van der Waals surface area contributed by atoms with Gasteiger partial charge in [0.15, 0.2) is 11.4 Å². The molecule has 1 saturated carbocycles. The molecule has 0 aliphatic heterocycles.